The van der Waals surface area contributed by atoms with Crippen molar-refractivity contribution in [3.8, 4) is 0 Å². The maximum Gasteiger partial charge on any atom is 0.337 e. The molecular weight excluding hydrogens is 312 g/mol. The first kappa shape index (κ1) is 17.1. The molecule has 0 aliphatic carbocycles. The van der Waals surface area contributed by atoms with Crippen LogP contribution in [0.4, 0.5) is 5.69 Å². The molecule has 0 saturated carbocycles. The van der Waals surface area contributed by atoms with E-state index in [1.165, 1.54) is 19.2 Å². The molecule has 1 amide bonds. The highest BCUT2D eigenvalue weighted by Gasteiger charge is 2.08. The van der Waals surface area contributed by atoms with Gasteiger partial charge in [-0.3, -0.25) is 14.9 Å². The summed E-state index contributed by atoms with van der Waals surface area (Å²) >= 11 is 0. The fraction of sp³-hybridized carbons (Fsp3) is 0.176. The van der Waals surface area contributed by atoms with E-state index in [1.54, 1.807) is 36.4 Å². The number of non-ortho nitro benzene ring substituents is 1. The van der Waals surface area contributed by atoms with Gasteiger partial charge in [0.2, 0.25) is 5.91 Å². The van der Waals surface area contributed by atoms with Crippen molar-refractivity contribution in [2.75, 3.05) is 7.11 Å². The average molecular weight is 328 g/mol. The van der Waals surface area contributed by atoms with Crippen molar-refractivity contribution >= 4 is 17.6 Å². The largest absolute Gasteiger partial charge is 0.465 e. The number of hydrogen-bond acceptors (Lipinski definition) is 5. The second-order valence-corrected chi connectivity index (χ2v) is 5.07. The van der Waals surface area contributed by atoms with Crippen molar-refractivity contribution in [2.24, 2.45) is 0 Å². The lowest BCUT2D eigenvalue weighted by Gasteiger charge is -2.06. The smallest absolute Gasteiger partial charge is 0.337 e. The van der Waals surface area contributed by atoms with Crippen molar-refractivity contribution in [3.05, 3.63) is 75.3 Å². The van der Waals surface area contributed by atoms with E-state index in [0.29, 0.717) is 17.7 Å². The average Bonchev–Trinajstić information content (AvgIpc) is 2.60. The highest BCUT2D eigenvalue weighted by Crippen LogP contribution is 2.12. The van der Waals surface area contributed by atoms with E-state index >= 15 is 0 Å². The van der Waals surface area contributed by atoms with Gasteiger partial charge in [-0.2, -0.15) is 0 Å². The Morgan fingerprint density at radius 1 is 1.04 bits per heavy atom. The number of carbonyl (C=O) groups excluding carboxylic acids is 2. The number of nitrogens with zero attached hydrogens (tertiary/aromatic N) is 1. The lowest BCUT2D eigenvalue weighted by Crippen LogP contribution is -2.24. The van der Waals surface area contributed by atoms with Gasteiger partial charge in [0, 0.05) is 18.7 Å². The minimum absolute atomic E-state index is 0.00939. The minimum atomic E-state index is -0.484. The molecule has 0 fully saturated rings. The van der Waals surface area contributed by atoms with Gasteiger partial charge in [0.25, 0.3) is 5.69 Å². The summed E-state index contributed by atoms with van der Waals surface area (Å²) in [6, 6.07) is 12.6. The number of ether oxygens (including phenoxy) is 1. The monoisotopic (exact) mass is 328 g/mol. The van der Waals surface area contributed by atoms with Gasteiger partial charge in [0.15, 0.2) is 0 Å². The van der Waals surface area contributed by atoms with Crippen LogP contribution < -0.4 is 5.32 Å². The van der Waals surface area contributed by atoms with Crippen molar-refractivity contribution in [2.45, 2.75) is 13.0 Å². The number of hydrogen-bond donors (Lipinski definition) is 1. The first-order valence-corrected chi connectivity index (χ1v) is 7.17. The predicted octanol–water partition coefficient (Wildman–Crippen LogP) is 2.24. The van der Waals surface area contributed by atoms with E-state index in [4.69, 9.17) is 0 Å². The molecule has 0 atom stereocenters. The third-order valence-electron chi connectivity index (χ3n) is 3.38. The van der Waals surface area contributed by atoms with E-state index in [1.807, 2.05) is 0 Å². The number of nitro benzene ring substituents is 1. The molecule has 7 heteroatoms. The van der Waals surface area contributed by atoms with E-state index in [9.17, 15) is 19.7 Å². The van der Waals surface area contributed by atoms with Crippen LogP contribution >= 0.6 is 0 Å². The quantitative estimate of drug-likeness (QED) is 0.498. The van der Waals surface area contributed by atoms with Crippen molar-refractivity contribution in [3.63, 3.8) is 0 Å². The van der Waals surface area contributed by atoms with Crippen LogP contribution in [0.15, 0.2) is 48.5 Å². The van der Waals surface area contributed by atoms with Crippen LogP contribution in [-0.4, -0.2) is 23.9 Å². The van der Waals surface area contributed by atoms with Gasteiger partial charge < -0.3 is 10.1 Å². The molecule has 7 nitrogen and oxygen atoms in total. The van der Waals surface area contributed by atoms with Crippen molar-refractivity contribution < 1.29 is 19.2 Å². The van der Waals surface area contributed by atoms with Crippen molar-refractivity contribution in [1.82, 2.24) is 5.32 Å². The molecule has 0 unspecified atom stereocenters. The first-order valence-electron chi connectivity index (χ1n) is 7.17. The molecule has 0 spiro atoms. The molecule has 0 aromatic heterocycles. The Morgan fingerprint density at radius 3 is 2.17 bits per heavy atom. The number of esters is 1. The molecule has 0 aliphatic rings. The molecule has 2 rings (SSSR count). The molecule has 2 aromatic carbocycles. The summed E-state index contributed by atoms with van der Waals surface area (Å²) in [6.45, 7) is 0.327. The number of nitrogens with one attached hydrogen (secondary N) is 1. The van der Waals surface area contributed by atoms with Gasteiger partial charge in [0.1, 0.15) is 0 Å². The van der Waals surface area contributed by atoms with Crippen LogP contribution in [0.2, 0.25) is 0 Å². The third-order valence-corrected chi connectivity index (χ3v) is 3.38. The molecule has 124 valence electrons. The van der Waals surface area contributed by atoms with Crippen LogP contribution in [0.1, 0.15) is 21.5 Å². The Bertz CT molecular complexity index is 739. The second-order valence-electron chi connectivity index (χ2n) is 5.07. The Balaban J connectivity index is 1.86. The molecule has 0 bridgehead atoms. The van der Waals surface area contributed by atoms with E-state index < -0.39 is 10.9 Å². The summed E-state index contributed by atoms with van der Waals surface area (Å²) in [4.78, 5) is 33.3. The number of benzene rings is 2. The standard InChI is InChI=1S/C17H16N2O5/c1-24-17(21)14-6-2-13(3-7-14)11-18-16(20)10-12-4-8-15(9-5-12)19(22)23/h2-9H,10-11H2,1H3,(H,18,20). The Kier molecular flexibility index (Phi) is 5.62. The lowest BCUT2D eigenvalue weighted by atomic mass is 10.1. The number of rotatable bonds is 6. The lowest BCUT2D eigenvalue weighted by molar-refractivity contribution is -0.384. The zero-order valence-electron chi connectivity index (χ0n) is 13.0. The summed E-state index contributed by atoms with van der Waals surface area (Å²) < 4.78 is 4.61. The van der Waals surface area contributed by atoms with Gasteiger partial charge in [0.05, 0.1) is 24.0 Å². The predicted molar refractivity (Wildman–Crippen MR) is 86.4 cm³/mol. The number of nitro groups is 1. The topological polar surface area (TPSA) is 98.5 Å². The normalized spacial score (nSPS) is 10.0. The molecule has 2 aromatic rings. The fourth-order valence-electron chi connectivity index (χ4n) is 2.06. The molecular formula is C17H16N2O5. The van der Waals surface area contributed by atoms with Gasteiger partial charge in [-0.05, 0) is 23.3 Å². The van der Waals surface area contributed by atoms with Crippen molar-refractivity contribution in [1.29, 1.82) is 0 Å². The molecule has 0 saturated heterocycles. The summed E-state index contributed by atoms with van der Waals surface area (Å²) in [7, 11) is 1.31. The number of amides is 1. The van der Waals surface area contributed by atoms with E-state index in [0.717, 1.165) is 5.56 Å². The van der Waals surface area contributed by atoms with Gasteiger partial charge >= 0.3 is 5.97 Å². The fourth-order valence-corrected chi connectivity index (χ4v) is 2.06. The van der Waals surface area contributed by atoms with Crippen LogP contribution in [0.5, 0.6) is 0 Å². The van der Waals surface area contributed by atoms with Crippen LogP contribution in [0.25, 0.3) is 0 Å². The van der Waals surface area contributed by atoms with Crippen LogP contribution in [-0.2, 0) is 22.5 Å². The Morgan fingerprint density at radius 2 is 1.62 bits per heavy atom. The maximum atomic E-state index is 11.9. The molecule has 0 heterocycles. The van der Waals surface area contributed by atoms with Gasteiger partial charge in [-0.15, -0.1) is 0 Å². The van der Waals surface area contributed by atoms with Gasteiger partial charge in [-0.25, -0.2) is 4.79 Å². The summed E-state index contributed by atoms with van der Waals surface area (Å²) in [5.74, 6) is -0.607. The Labute approximate surface area is 138 Å². The molecule has 0 aliphatic heterocycles. The van der Waals surface area contributed by atoms with Gasteiger partial charge in [-0.1, -0.05) is 24.3 Å². The summed E-state index contributed by atoms with van der Waals surface area (Å²) in [6.07, 6.45) is 0.137. The van der Waals surface area contributed by atoms with Crippen LogP contribution in [0.3, 0.4) is 0 Å². The number of methoxy groups -OCH3 is 1. The number of carbonyl (C=O) groups is 2. The Hall–Kier alpha value is -3.22. The summed E-state index contributed by atoms with van der Waals surface area (Å²) in [5, 5.41) is 13.3. The molecule has 0 radical (unpaired) electrons. The molecule has 1 N–H and O–H groups in total. The van der Waals surface area contributed by atoms with E-state index in [2.05, 4.69) is 10.1 Å². The maximum absolute atomic E-state index is 11.9. The van der Waals surface area contributed by atoms with E-state index in [-0.39, 0.29) is 18.0 Å². The minimum Gasteiger partial charge on any atom is -0.465 e. The summed E-state index contributed by atoms with van der Waals surface area (Å²) in [5.41, 5.74) is 1.97. The zero-order valence-corrected chi connectivity index (χ0v) is 13.0. The van der Waals surface area contributed by atoms with Crippen LogP contribution in [0, 0.1) is 10.1 Å². The highest BCUT2D eigenvalue weighted by atomic mass is 16.6. The third kappa shape index (κ3) is 4.64. The zero-order chi connectivity index (χ0) is 17.5. The SMILES string of the molecule is COC(=O)c1ccc(CNC(=O)Cc2ccc([N+](=O)[O-])cc2)cc1. The second kappa shape index (κ2) is 7.87. The first-order chi connectivity index (χ1) is 11.5. The molecule has 24 heavy (non-hydrogen) atoms. The highest BCUT2D eigenvalue weighted by molar-refractivity contribution is 5.89.